The Balaban J connectivity index is 1.09. The molecule has 3 aromatic rings. The summed E-state index contributed by atoms with van der Waals surface area (Å²) in [6, 6.07) is 24.0. The van der Waals surface area contributed by atoms with Crippen LogP contribution in [-0.4, -0.2) is 0 Å². The first-order valence-electron chi connectivity index (χ1n) is 18.8. The summed E-state index contributed by atoms with van der Waals surface area (Å²) in [6.07, 6.45) is 35.3. The lowest BCUT2D eigenvalue weighted by Crippen LogP contribution is -2.33. The number of allylic oxidation sites excluding steroid dienone is 18. The summed E-state index contributed by atoms with van der Waals surface area (Å²) < 4.78 is 0. The third-order valence-corrected chi connectivity index (χ3v) is 14.4. The average Bonchev–Trinajstić information content (AvgIpc) is 3.87. The van der Waals surface area contributed by atoms with E-state index in [-0.39, 0.29) is 0 Å². The number of thioether (sulfide) groups is 1. The van der Waals surface area contributed by atoms with Crippen LogP contribution in [-0.2, 0) is 0 Å². The van der Waals surface area contributed by atoms with E-state index in [1.54, 1.807) is 16.1 Å². The van der Waals surface area contributed by atoms with Gasteiger partial charge < -0.3 is 0 Å². The van der Waals surface area contributed by atoms with Crippen molar-refractivity contribution < 1.29 is 0 Å². The fraction of sp³-hybridized carbons (Fsp3) is 0.292. The Kier molecular flexibility index (Phi) is 8.79. The minimum Gasteiger partial charge on any atom is -0.136 e. The van der Waals surface area contributed by atoms with E-state index in [2.05, 4.69) is 159 Å². The molecular weight excluding hydrogens is 641 g/mol. The molecule has 6 aliphatic rings. The van der Waals surface area contributed by atoms with E-state index in [4.69, 9.17) is 0 Å². The van der Waals surface area contributed by atoms with Crippen LogP contribution in [0.4, 0.5) is 0 Å². The van der Waals surface area contributed by atoms with Gasteiger partial charge in [0.05, 0.1) is 0 Å². The van der Waals surface area contributed by atoms with Gasteiger partial charge in [-0.2, -0.15) is 0 Å². The smallest absolute Gasteiger partial charge is 0.0376 e. The lowest BCUT2D eigenvalue weighted by atomic mass is 9.58. The fourth-order valence-electron chi connectivity index (χ4n) is 9.29. The van der Waals surface area contributed by atoms with Crippen LogP contribution in [0.5, 0.6) is 0 Å². The van der Waals surface area contributed by atoms with Crippen LogP contribution in [0.1, 0.15) is 85.1 Å². The van der Waals surface area contributed by atoms with Crippen molar-refractivity contribution in [2.75, 3.05) is 0 Å². The second-order valence-electron chi connectivity index (χ2n) is 15.1. The summed E-state index contributed by atoms with van der Waals surface area (Å²) in [7, 11) is 0. The highest BCUT2D eigenvalue weighted by molar-refractivity contribution is 8.03. The Bertz CT molecular complexity index is 2100. The third-order valence-electron chi connectivity index (χ3n) is 11.7. The first-order chi connectivity index (χ1) is 24.6. The molecule has 0 N–H and O–H groups in total. The van der Waals surface area contributed by atoms with Gasteiger partial charge in [-0.25, -0.2) is 0 Å². The Labute approximate surface area is 307 Å². The molecule has 6 atom stereocenters. The zero-order valence-corrected chi connectivity index (χ0v) is 30.9. The minimum absolute atomic E-state index is 0.475. The molecular formula is C48H46S2. The van der Waals surface area contributed by atoms with E-state index in [0.29, 0.717) is 34.8 Å². The van der Waals surface area contributed by atoms with Gasteiger partial charge in [0.25, 0.3) is 0 Å². The Morgan fingerprint density at radius 1 is 0.760 bits per heavy atom. The summed E-state index contributed by atoms with van der Waals surface area (Å²) in [5.41, 5.74) is 13.2. The van der Waals surface area contributed by atoms with Crippen molar-refractivity contribution >= 4 is 34.2 Å². The molecule has 0 spiro atoms. The number of fused-ring (bicyclic) bond motifs is 2. The van der Waals surface area contributed by atoms with Crippen LogP contribution < -0.4 is 0 Å². The summed E-state index contributed by atoms with van der Waals surface area (Å²) >= 11 is 4.05. The second kappa shape index (κ2) is 13.7. The lowest BCUT2D eigenvalue weighted by Gasteiger charge is -2.46. The maximum Gasteiger partial charge on any atom is 0.0376 e. The Hall–Kier alpha value is -3.85. The molecule has 1 aromatic heterocycles. The quantitative estimate of drug-likeness (QED) is 0.249. The standard InChI is InChI=1S/C48H46S2/c1-31-19-21-39-41(27-31)47(37-17-9-15-35(29-37)45-25-23-43(49-45)33-11-5-3-6-12-33)40-22-20-32(2)28-42(40)48(39)38-18-10-16-36(30-38)46-26-24-44(50-46)34-13-7-4-8-14-34/h3-7,9-11,13,15-21,23-24,26,28-31,33,40-41,45,47H,8,12,14,22,25,27H2,1-2H3. The first-order valence-corrected chi connectivity index (χ1v) is 20.5. The van der Waals surface area contributed by atoms with E-state index in [0.717, 1.165) is 32.1 Å². The molecule has 50 heavy (non-hydrogen) atoms. The van der Waals surface area contributed by atoms with Gasteiger partial charge in [0.2, 0.25) is 0 Å². The van der Waals surface area contributed by atoms with Gasteiger partial charge >= 0.3 is 0 Å². The van der Waals surface area contributed by atoms with Crippen molar-refractivity contribution in [3.8, 4) is 10.4 Å². The summed E-state index contributed by atoms with van der Waals surface area (Å²) in [5.74, 6) is 2.58. The largest absolute Gasteiger partial charge is 0.136 e. The normalized spacial score (nSPS) is 28.5. The highest BCUT2D eigenvalue weighted by atomic mass is 32.2. The molecule has 0 nitrogen and oxygen atoms in total. The van der Waals surface area contributed by atoms with Crippen LogP contribution in [0, 0.1) is 23.7 Å². The van der Waals surface area contributed by atoms with Crippen molar-refractivity contribution in [2.45, 2.75) is 63.5 Å². The first kappa shape index (κ1) is 32.1. The van der Waals surface area contributed by atoms with Gasteiger partial charge in [-0.05, 0) is 137 Å². The van der Waals surface area contributed by atoms with E-state index in [9.17, 15) is 0 Å². The van der Waals surface area contributed by atoms with Gasteiger partial charge in [-0.15, -0.1) is 23.1 Å². The second-order valence-corrected chi connectivity index (χ2v) is 17.5. The number of rotatable bonds is 6. The number of hydrogen-bond acceptors (Lipinski definition) is 2. The summed E-state index contributed by atoms with van der Waals surface area (Å²) in [4.78, 5) is 4.33. The maximum atomic E-state index is 2.61. The zero-order valence-electron chi connectivity index (χ0n) is 29.2. The molecule has 5 aliphatic carbocycles. The number of hydrogen-bond donors (Lipinski definition) is 0. The van der Waals surface area contributed by atoms with Crippen molar-refractivity contribution in [3.63, 3.8) is 0 Å². The van der Waals surface area contributed by atoms with Crippen molar-refractivity contribution in [2.24, 2.45) is 23.7 Å². The summed E-state index contributed by atoms with van der Waals surface area (Å²) in [6.45, 7) is 4.71. The molecule has 0 radical (unpaired) electrons. The molecule has 9 rings (SSSR count). The van der Waals surface area contributed by atoms with Gasteiger partial charge in [-0.3, -0.25) is 0 Å². The highest BCUT2D eigenvalue weighted by Gasteiger charge is 2.43. The monoisotopic (exact) mass is 686 g/mol. The van der Waals surface area contributed by atoms with Crippen molar-refractivity contribution in [1.29, 1.82) is 0 Å². The van der Waals surface area contributed by atoms with Gasteiger partial charge in [0, 0.05) is 20.9 Å². The molecule has 1 aliphatic heterocycles. The zero-order chi connectivity index (χ0) is 33.6. The molecule has 2 heterocycles. The lowest BCUT2D eigenvalue weighted by molar-refractivity contribution is 0.326. The molecule has 0 saturated carbocycles. The van der Waals surface area contributed by atoms with Gasteiger partial charge in [-0.1, -0.05) is 128 Å². The average molecular weight is 687 g/mol. The maximum absolute atomic E-state index is 2.61. The Morgan fingerprint density at radius 2 is 1.64 bits per heavy atom. The van der Waals surface area contributed by atoms with Crippen molar-refractivity contribution in [3.05, 3.63) is 177 Å². The summed E-state index contributed by atoms with van der Waals surface area (Å²) in [5, 5.41) is 0.512. The van der Waals surface area contributed by atoms with E-state index < -0.39 is 0 Å². The molecule has 0 saturated heterocycles. The molecule has 0 bridgehead atoms. The van der Waals surface area contributed by atoms with E-state index in [1.165, 1.54) is 55.1 Å². The molecule has 2 heteroatoms. The van der Waals surface area contributed by atoms with E-state index in [1.807, 2.05) is 11.3 Å². The van der Waals surface area contributed by atoms with E-state index >= 15 is 0 Å². The topological polar surface area (TPSA) is 0 Å². The molecule has 0 amide bonds. The SMILES string of the molecule is CC1=CCC2C(=C1)C(c1cccc(-c3ccc(C4=CC=CCC4)s3)c1)=C1C=CC(C)CC1C2c1cccc(C2CC=C(C3C=CC=CC3)S2)c1. The predicted molar refractivity (Wildman–Crippen MR) is 218 cm³/mol. The van der Waals surface area contributed by atoms with Crippen LogP contribution in [0.2, 0.25) is 0 Å². The molecule has 0 fully saturated rings. The fourth-order valence-corrected chi connectivity index (χ4v) is 11.7. The predicted octanol–water partition coefficient (Wildman–Crippen LogP) is 14.0. The number of benzene rings is 2. The van der Waals surface area contributed by atoms with Crippen LogP contribution in [0.15, 0.2) is 155 Å². The van der Waals surface area contributed by atoms with Crippen LogP contribution >= 0.6 is 23.1 Å². The Morgan fingerprint density at radius 3 is 2.52 bits per heavy atom. The minimum atomic E-state index is 0.475. The van der Waals surface area contributed by atoms with Crippen LogP contribution in [0.3, 0.4) is 0 Å². The highest BCUT2D eigenvalue weighted by Crippen LogP contribution is 2.57. The molecule has 250 valence electrons. The molecule has 6 unspecified atom stereocenters. The van der Waals surface area contributed by atoms with Gasteiger partial charge in [0.15, 0.2) is 0 Å². The van der Waals surface area contributed by atoms with Crippen molar-refractivity contribution in [1.82, 2.24) is 0 Å². The third kappa shape index (κ3) is 6.09. The van der Waals surface area contributed by atoms with Gasteiger partial charge in [0.1, 0.15) is 0 Å². The molecule has 2 aromatic carbocycles. The van der Waals surface area contributed by atoms with Crippen LogP contribution in [0.25, 0.3) is 21.6 Å². The number of thiophene rings is 1.